The van der Waals surface area contributed by atoms with Gasteiger partial charge in [-0.1, -0.05) is 49.6 Å². The minimum absolute atomic E-state index is 0.315. The van der Waals surface area contributed by atoms with Crippen LogP contribution >= 0.6 is 11.8 Å². The van der Waals surface area contributed by atoms with E-state index >= 15 is 0 Å². The fraction of sp³-hybridized carbons (Fsp3) is 0.667. The molecule has 0 aliphatic carbocycles. The van der Waals surface area contributed by atoms with Crippen LogP contribution < -0.4 is 0 Å². The zero-order valence-electron chi connectivity index (χ0n) is 14.9. The number of benzene rings is 1. The van der Waals surface area contributed by atoms with Crippen LogP contribution in [0.2, 0.25) is 0 Å². The first kappa shape index (κ1) is 18.8. The van der Waals surface area contributed by atoms with Gasteiger partial charge in [0.25, 0.3) is 0 Å². The van der Waals surface area contributed by atoms with Gasteiger partial charge in [0.1, 0.15) is 0 Å². The highest BCUT2D eigenvalue weighted by Crippen LogP contribution is 2.47. The van der Waals surface area contributed by atoms with E-state index in [-0.39, 0.29) is 0 Å². The van der Waals surface area contributed by atoms with Gasteiger partial charge in [0.15, 0.2) is 0 Å². The third-order valence-electron chi connectivity index (χ3n) is 5.69. The number of rotatable bonds is 11. The molecule has 2 heterocycles. The summed E-state index contributed by atoms with van der Waals surface area (Å²) in [5.41, 5.74) is 1.41. The van der Waals surface area contributed by atoms with Crippen molar-refractivity contribution in [3.05, 3.63) is 35.9 Å². The Balaban J connectivity index is 1.38. The van der Waals surface area contributed by atoms with E-state index in [0.29, 0.717) is 24.5 Å². The number of carboxylic acid groups (broad SMARTS) is 1. The van der Waals surface area contributed by atoms with Crippen molar-refractivity contribution in [1.82, 2.24) is 0 Å². The highest BCUT2D eigenvalue weighted by molar-refractivity contribution is 7.98. The molecule has 0 unspecified atom stereocenters. The summed E-state index contributed by atoms with van der Waals surface area (Å²) in [6.45, 7) is 0. The molecule has 4 heteroatoms. The van der Waals surface area contributed by atoms with E-state index in [1.807, 2.05) is 0 Å². The first-order valence-electron chi connectivity index (χ1n) is 9.73. The molecule has 2 bridgehead atoms. The Labute approximate surface area is 155 Å². The van der Waals surface area contributed by atoms with Crippen LogP contribution in [0, 0.1) is 11.8 Å². The molecule has 25 heavy (non-hydrogen) atoms. The van der Waals surface area contributed by atoms with Gasteiger partial charge in [-0.15, -0.1) is 0 Å². The quantitative estimate of drug-likeness (QED) is 0.554. The molecule has 2 aliphatic heterocycles. The molecule has 1 aromatic carbocycles. The zero-order chi connectivity index (χ0) is 17.5. The lowest BCUT2D eigenvalue weighted by molar-refractivity contribution is -0.137. The number of fused-ring (bicyclic) bond motifs is 2. The normalized spacial score (nSPS) is 27.7. The number of aliphatic carboxylic acids is 1. The lowest BCUT2D eigenvalue weighted by Crippen LogP contribution is -2.29. The van der Waals surface area contributed by atoms with Gasteiger partial charge in [0.05, 0.1) is 12.2 Å². The summed E-state index contributed by atoms with van der Waals surface area (Å²) in [6, 6.07) is 10.7. The molecular weight excluding hydrogens is 332 g/mol. The predicted molar refractivity (Wildman–Crippen MR) is 103 cm³/mol. The number of hydrogen-bond donors (Lipinski definition) is 1. The maximum atomic E-state index is 10.6. The Morgan fingerprint density at radius 2 is 1.76 bits per heavy atom. The van der Waals surface area contributed by atoms with Gasteiger partial charge in [0.2, 0.25) is 0 Å². The van der Waals surface area contributed by atoms with Crippen molar-refractivity contribution in [1.29, 1.82) is 0 Å². The summed E-state index contributed by atoms with van der Waals surface area (Å²) in [6.07, 6.45) is 9.28. The minimum Gasteiger partial charge on any atom is -0.481 e. The van der Waals surface area contributed by atoms with Crippen molar-refractivity contribution < 1.29 is 14.6 Å². The van der Waals surface area contributed by atoms with Crippen LogP contribution in [0.5, 0.6) is 0 Å². The largest absolute Gasteiger partial charge is 0.481 e. The van der Waals surface area contributed by atoms with E-state index in [0.717, 1.165) is 30.9 Å². The van der Waals surface area contributed by atoms with Crippen molar-refractivity contribution in [2.75, 3.05) is 5.75 Å². The van der Waals surface area contributed by atoms with Crippen LogP contribution in [0.15, 0.2) is 30.3 Å². The molecule has 0 saturated carbocycles. The van der Waals surface area contributed by atoms with Crippen molar-refractivity contribution in [3.8, 4) is 0 Å². The smallest absolute Gasteiger partial charge is 0.303 e. The molecule has 2 aliphatic rings. The third kappa shape index (κ3) is 5.49. The molecule has 0 radical (unpaired) electrons. The first-order chi connectivity index (χ1) is 12.2. The minimum atomic E-state index is -0.669. The van der Waals surface area contributed by atoms with Crippen molar-refractivity contribution in [2.24, 2.45) is 11.8 Å². The molecule has 2 saturated heterocycles. The molecule has 2 fully saturated rings. The molecule has 1 aromatic rings. The molecule has 138 valence electrons. The fourth-order valence-corrected chi connectivity index (χ4v) is 5.68. The molecule has 3 rings (SSSR count). The second-order valence-corrected chi connectivity index (χ2v) is 8.50. The lowest BCUT2D eigenvalue weighted by Gasteiger charge is -2.28. The molecule has 0 spiro atoms. The summed E-state index contributed by atoms with van der Waals surface area (Å²) in [5, 5.41) is 8.69. The van der Waals surface area contributed by atoms with Crippen LogP contribution in [-0.2, 0) is 15.3 Å². The molecule has 0 amide bonds. The lowest BCUT2D eigenvalue weighted by atomic mass is 9.77. The monoisotopic (exact) mass is 362 g/mol. The standard InChI is InChI=1S/C21H30O3S/c22-21(23)11-7-2-1-6-10-17-18(20-13-12-19(17)24-20)15-25-14-16-8-4-3-5-9-16/h3-5,8-9,17-20H,1-2,6-7,10-15H2,(H,22,23)/t17-,18+,19-,20+/m0/s1. The highest BCUT2D eigenvalue weighted by Gasteiger charge is 2.47. The first-order valence-corrected chi connectivity index (χ1v) is 10.9. The average molecular weight is 363 g/mol. The van der Waals surface area contributed by atoms with Gasteiger partial charge in [-0.25, -0.2) is 0 Å². The fourth-order valence-electron chi connectivity index (χ4n) is 4.40. The summed E-state index contributed by atoms with van der Waals surface area (Å²) in [4.78, 5) is 10.6. The molecular formula is C21H30O3S. The van der Waals surface area contributed by atoms with Crippen molar-refractivity contribution in [2.45, 2.75) is 69.3 Å². The predicted octanol–water partition coefficient (Wildman–Crippen LogP) is 5.14. The maximum Gasteiger partial charge on any atom is 0.303 e. The van der Waals surface area contributed by atoms with E-state index in [1.165, 1.54) is 37.0 Å². The van der Waals surface area contributed by atoms with Crippen LogP contribution in [0.25, 0.3) is 0 Å². The molecule has 1 N–H and O–H groups in total. The van der Waals surface area contributed by atoms with Gasteiger partial charge < -0.3 is 9.84 Å². The maximum absolute atomic E-state index is 10.6. The van der Waals surface area contributed by atoms with E-state index < -0.39 is 5.97 Å². The Morgan fingerprint density at radius 1 is 1.04 bits per heavy atom. The SMILES string of the molecule is O=C(O)CCCCCC[C@H]1[C@@H](CSCc2ccccc2)[C@H]2CC[C@@H]1O2. The average Bonchev–Trinajstić information content (AvgIpc) is 3.21. The number of carboxylic acids is 1. The van der Waals surface area contributed by atoms with Crippen molar-refractivity contribution >= 4 is 17.7 Å². The van der Waals surface area contributed by atoms with Crippen LogP contribution in [0.4, 0.5) is 0 Å². The van der Waals surface area contributed by atoms with E-state index in [9.17, 15) is 4.79 Å². The van der Waals surface area contributed by atoms with Gasteiger partial charge in [-0.2, -0.15) is 11.8 Å². The second kappa shape index (κ2) is 9.63. The number of carbonyl (C=O) groups is 1. The molecule has 3 nitrogen and oxygen atoms in total. The second-order valence-electron chi connectivity index (χ2n) is 7.47. The van der Waals surface area contributed by atoms with E-state index in [2.05, 4.69) is 42.1 Å². The third-order valence-corrected chi connectivity index (χ3v) is 6.85. The highest BCUT2D eigenvalue weighted by atomic mass is 32.2. The summed E-state index contributed by atoms with van der Waals surface area (Å²) < 4.78 is 6.22. The molecule has 0 aromatic heterocycles. The number of thioether (sulfide) groups is 1. The Kier molecular flexibility index (Phi) is 7.23. The Bertz CT molecular complexity index is 533. The Hall–Kier alpha value is -1.00. The van der Waals surface area contributed by atoms with E-state index in [4.69, 9.17) is 9.84 Å². The summed E-state index contributed by atoms with van der Waals surface area (Å²) >= 11 is 2.05. The van der Waals surface area contributed by atoms with Crippen LogP contribution in [0.3, 0.4) is 0 Å². The summed E-state index contributed by atoms with van der Waals surface area (Å²) in [5.74, 6) is 3.07. The topological polar surface area (TPSA) is 46.5 Å². The zero-order valence-corrected chi connectivity index (χ0v) is 15.8. The van der Waals surface area contributed by atoms with Gasteiger partial charge in [-0.3, -0.25) is 4.79 Å². The van der Waals surface area contributed by atoms with Crippen molar-refractivity contribution in [3.63, 3.8) is 0 Å². The Morgan fingerprint density at radius 3 is 2.52 bits per heavy atom. The van der Waals surface area contributed by atoms with E-state index in [1.54, 1.807) is 0 Å². The number of ether oxygens (including phenoxy) is 1. The number of hydrogen-bond acceptors (Lipinski definition) is 3. The molecule has 4 atom stereocenters. The van der Waals surface area contributed by atoms with Crippen LogP contribution in [-0.4, -0.2) is 29.0 Å². The van der Waals surface area contributed by atoms with Crippen LogP contribution in [0.1, 0.15) is 56.9 Å². The van der Waals surface area contributed by atoms with Gasteiger partial charge >= 0.3 is 5.97 Å². The van der Waals surface area contributed by atoms with Gasteiger partial charge in [-0.05, 0) is 48.8 Å². The summed E-state index contributed by atoms with van der Waals surface area (Å²) in [7, 11) is 0. The van der Waals surface area contributed by atoms with Gasteiger partial charge in [0, 0.05) is 12.2 Å². The number of unbranched alkanes of at least 4 members (excludes halogenated alkanes) is 3.